The molecule has 0 radical (unpaired) electrons. The van der Waals surface area contributed by atoms with E-state index in [9.17, 15) is 14.4 Å². The molecule has 3 N–H and O–H groups in total. The van der Waals surface area contributed by atoms with Crippen LogP contribution in [0.25, 0.3) is 0 Å². The molecular formula is C18H24N3O4+. The molecule has 134 valence electrons. The standard InChI is InChI=1S/C18H23N3O4/c1-2-25-13-8-6-12(7-9-13)21-16(22)11-15(18(21)24)20-14-5-3-4-10-19-17(14)23/h6-9,14-15,20H,2-5,10-11H2,1H3,(H,19,23)/p+1/t14-,15+/m0/s1. The summed E-state index contributed by atoms with van der Waals surface area (Å²) in [6.45, 7) is 3.13. The molecule has 3 amide bonds. The minimum atomic E-state index is -0.534. The number of carbonyl (C=O) groups excluding carboxylic acids is 3. The van der Waals surface area contributed by atoms with Crippen LogP contribution in [0.1, 0.15) is 32.6 Å². The van der Waals surface area contributed by atoms with Crippen LogP contribution in [0.4, 0.5) is 5.69 Å². The topological polar surface area (TPSA) is 92.3 Å². The van der Waals surface area contributed by atoms with Gasteiger partial charge in [-0.05, 0) is 44.0 Å². The second-order valence-electron chi connectivity index (χ2n) is 6.39. The lowest BCUT2D eigenvalue weighted by Gasteiger charge is -2.17. The van der Waals surface area contributed by atoms with Crippen LogP contribution in [0.3, 0.4) is 0 Å². The molecule has 0 bridgehead atoms. The van der Waals surface area contributed by atoms with Crippen LogP contribution in [0, 0.1) is 0 Å². The lowest BCUT2D eigenvalue weighted by molar-refractivity contribution is -0.696. The predicted molar refractivity (Wildman–Crippen MR) is 91.1 cm³/mol. The number of hydrogen-bond donors (Lipinski definition) is 2. The number of imide groups is 1. The van der Waals surface area contributed by atoms with E-state index in [0.717, 1.165) is 19.3 Å². The van der Waals surface area contributed by atoms with Crippen molar-refractivity contribution in [3.05, 3.63) is 24.3 Å². The molecule has 0 spiro atoms. The van der Waals surface area contributed by atoms with Crippen LogP contribution in [-0.2, 0) is 14.4 Å². The lowest BCUT2D eigenvalue weighted by atomic mass is 10.1. The number of rotatable bonds is 5. The number of nitrogens with two attached hydrogens (primary N) is 1. The first-order valence-electron chi connectivity index (χ1n) is 8.82. The molecule has 2 saturated heterocycles. The van der Waals surface area contributed by atoms with Crippen molar-refractivity contribution in [2.75, 3.05) is 18.1 Å². The second-order valence-corrected chi connectivity index (χ2v) is 6.39. The number of hydrogen-bond acceptors (Lipinski definition) is 4. The zero-order valence-electron chi connectivity index (χ0n) is 14.4. The highest BCUT2D eigenvalue weighted by molar-refractivity contribution is 6.21. The van der Waals surface area contributed by atoms with Crippen molar-refractivity contribution >= 4 is 23.4 Å². The molecule has 2 aliphatic heterocycles. The van der Waals surface area contributed by atoms with Crippen LogP contribution < -0.4 is 20.3 Å². The van der Waals surface area contributed by atoms with Crippen LogP contribution in [0.5, 0.6) is 5.75 Å². The minimum absolute atomic E-state index is 0.0442. The van der Waals surface area contributed by atoms with Gasteiger partial charge in [-0.25, -0.2) is 4.90 Å². The first kappa shape index (κ1) is 17.4. The summed E-state index contributed by atoms with van der Waals surface area (Å²) in [6.07, 6.45) is 2.74. The zero-order valence-corrected chi connectivity index (χ0v) is 14.4. The van der Waals surface area contributed by atoms with Gasteiger partial charge in [-0.15, -0.1) is 0 Å². The monoisotopic (exact) mass is 346 g/mol. The minimum Gasteiger partial charge on any atom is -0.494 e. The summed E-state index contributed by atoms with van der Waals surface area (Å²) < 4.78 is 5.38. The molecule has 3 rings (SSSR count). The summed E-state index contributed by atoms with van der Waals surface area (Å²) >= 11 is 0. The number of benzene rings is 1. The van der Waals surface area contributed by atoms with Gasteiger partial charge < -0.3 is 15.4 Å². The summed E-state index contributed by atoms with van der Waals surface area (Å²) in [5.74, 6) is 0.163. The van der Waals surface area contributed by atoms with E-state index in [1.165, 1.54) is 4.90 Å². The summed E-state index contributed by atoms with van der Waals surface area (Å²) in [4.78, 5) is 38.3. The highest BCUT2D eigenvalue weighted by Crippen LogP contribution is 2.24. The van der Waals surface area contributed by atoms with E-state index in [1.54, 1.807) is 29.6 Å². The summed E-state index contributed by atoms with van der Waals surface area (Å²) in [5.41, 5.74) is 0.541. The van der Waals surface area contributed by atoms with Crippen molar-refractivity contribution in [1.29, 1.82) is 0 Å². The Bertz CT molecular complexity index is 659. The molecule has 25 heavy (non-hydrogen) atoms. The summed E-state index contributed by atoms with van der Waals surface area (Å²) in [6, 6.07) is 6.07. The average Bonchev–Trinajstić information content (AvgIpc) is 2.74. The van der Waals surface area contributed by atoms with Crippen molar-refractivity contribution in [2.24, 2.45) is 0 Å². The first-order valence-corrected chi connectivity index (χ1v) is 8.82. The van der Waals surface area contributed by atoms with Gasteiger partial charge in [-0.1, -0.05) is 0 Å². The van der Waals surface area contributed by atoms with Gasteiger partial charge in [-0.3, -0.25) is 14.4 Å². The number of anilines is 1. The molecule has 7 nitrogen and oxygen atoms in total. The third kappa shape index (κ3) is 3.82. The molecule has 0 saturated carbocycles. The fraction of sp³-hybridized carbons (Fsp3) is 0.500. The van der Waals surface area contributed by atoms with Gasteiger partial charge >= 0.3 is 0 Å². The maximum absolute atomic E-state index is 12.7. The van der Waals surface area contributed by atoms with Crippen molar-refractivity contribution in [3.63, 3.8) is 0 Å². The maximum atomic E-state index is 12.7. The number of ether oxygens (including phenoxy) is 1. The quantitative estimate of drug-likeness (QED) is 0.731. The Hall–Kier alpha value is -2.41. The van der Waals surface area contributed by atoms with Crippen LogP contribution >= 0.6 is 0 Å². The van der Waals surface area contributed by atoms with Crippen molar-refractivity contribution < 1.29 is 24.4 Å². The van der Waals surface area contributed by atoms with E-state index in [-0.39, 0.29) is 30.2 Å². The van der Waals surface area contributed by atoms with E-state index in [0.29, 0.717) is 24.6 Å². The third-order valence-corrected chi connectivity index (χ3v) is 4.63. The molecule has 2 heterocycles. The molecule has 2 aliphatic rings. The van der Waals surface area contributed by atoms with Gasteiger partial charge in [0.25, 0.3) is 11.8 Å². The smallest absolute Gasteiger partial charge is 0.292 e. The number of nitrogens with one attached hydrogen (secondary N) is 1. The van der Waals surface area contributed by atoms with E-state index in [4.69, 9.17) is 4.74 Å². The number of carbonyl (C=O) groups is 3. The van der Waals surface area contributed by atoms with Gasteiger partial charge in [0, 0.05) is 13.0 Å². The Morgan fingerprint density at radius 3 is 2.64 bits per heavy atom. The summed E-state index contributed by atoms with van der Waals surface area (Å²) in [7, 11) is 0. The van der Waals surface area contributed by atoms with Crippen LogP contribution in [0.15, 0.2) is 24.3 Å². The Kier molecular flexibility index (Phi) is 5.33. The van der Waals surface area contributed by atoms with Crippen molar-refractivity contribution in [1.82, 2.24) is 5.32 Å². The zero-order chi connectivity index (χ0) is 17.8. The molecule has 7 heteroatoms. The molecule has 1 aromatic carbocycles. The van der Waals surface area contributed by atoms with Crippen LogP contribution in [0.2, 0.25) is 0 Å². The Balaban J connectivity index is 1.70. The van der Waals surface area contributed by atoms with Crippen molar-refractivity contribution in [3.8, 4) is 5.75 Å². The van der Waals surface area contributed by atoms with Gasteiger partial charge in [0.1, 0.15) is 5.75 Å². The number of amides is 3. The normalized spacial score (nSPS) is 24.2. The van der Waals surface area contributed by atoms with Gasteiger partial charge in [-0.2, -0.15) is 0 Å². The van der Waals surface area contributed by atoms with Crippen molar-refractivity contribution in [2.45, 2.75) is 44.7 Å². The Labute approximate surface area is 146 Å². The predicted octanol–water partition coefficient (Wildman–Crippen LogP) is -0.0507. The van der Waals surface area contributed by atoms with Gasteiger partial charge in [0.05, 0.1) is 18.7 Å². The molecule has 1 aromatic rings. The second kappa shape index (κ2) is 7.65. The lowest BCUT2D eigenvalue weighted by Crippen LogP contribution is -2.98. The fourth-order valence-electron chi connectivity index (χ4n) is 3.36. The van der Waals surface area contributed by atoms with E-state index >= 15 is 0 Å². The highest BCUT2D eigenvalue weighted by Gasteiger charge is 2.44. The fourth-order valence-corrected chi connectivity index (χ4v) is 3.36. The largest absolute Gasteiger partial charge is 0.494 e. The SMILES string of the molecule is CCOc1ccc(N2C(=O)C[C@@H]([NH2+][C@H]3CCCCNC3=O)C2=O)cc1. The average molecular weight is 346 g/mol. The van der Waals surface area contributed by atoms with Gasteiger partial charge in [0.2, 0.25) is 5.91 Å². The maximum Gasteiger partial charge on any atom is 0.292 e. The summed E-state index contributed by atoms with van der Waals surface area (Å²) in [5, 5.41) is 4.62. The molecule has 2 fully saturated rings. The van der Waals surface area contributed by atoms with E-state index < -0.39 is 6.04 Å². The molecule has 0 unspecified atom stereocenters. The third-order valence-electron chi connectivity index (χ3n) is 4.63. The molecule has 0 aromatic heterocycles. The Morgan fingerprint density at radius 2 is 1.92 bits per heavy atom. The first-order chi connectivity index (χ1) is 12.1. The molecule has 2 atom stereocenters. The molecule has 0 aliphatic carbocycles. The van der Waals surface area contributed by atoms with Crippen LogP contribution in [-0.4, -0.2) is 43.0 Å². The van der Waals surface area contributed by atoms with E-state index in [1.807, 2.05) is 6.92 Å². The van der Waals surface area contributed by atoms with E-state index in [2.05, 4.69) is 5.32 Å². The molecular weight excluding hydrogens is 322 g/mol. The number of quaternary nitrogens is 1. The Morgan fingerprint density at radius 1 is 1.16 bits per heavy atom. The van der Waals surface area contributed by atoms with Gasteiger partial charge in [0.15, 0.2) is 12.1 Å². The number of nitrogens with zero attached hydrogens (tertiary/aromatic N) is 1. The highest BCUT2D eigenvalue weighted by atomic mass is 16.5.